The molecule has 25 heavy (non-hydrogen) atoms. The summed E-state index contributed by atoms with van der Waals surface area (Å²) in [4.78, 5) is 12.2. The molecule has 0 radical (unpaired) electrons. The molecule has 0 bridgehead atoms. The van der Waals surface area contributed by atoms with E-state index in [0.29, 0.717) is 5.69 Å². The topological polar surface area (TPSA) is 64.9 Å². The number of hydrogen-bond donors (Lipinski definition) is 2. The molecule has 0 aliphatic rings. The number of fused-ring (bicyclic) bond motifs is 1. The van der Waals surface area contributed by atoms with E-state index in [1.165, 1.54) is 6.20 Å². The minimum absolute atomic E-state index is 0.00809. The molecule has 122 valence electrons. The molecule has 4 heteroatoms. The molecule has 0 atom stereocenters. The first-order chi connectivity index (χ1) is 12.2. The van der Waals surface area contributed by atoms with Gasteiger partial charge in [0.2, 0.25) is 0 Å². The van der Waals surface area contributed by atoms with Crippen LogP contribution in [0.2, 0.25) is 0 Å². The molecule has 0 aromatic heterocycles. The number of aryl methyl sites for hydroxylation is 1. The molecule has 0 fully saturated rings. The Kier molecular flexibility index (Phi) is 4.77. The van der Waals surface area contributed by atoms with E-state index in [1.807, 2.05) is 67.6 Å². The monoisotopic (exact) mass is 327 g/mol. The Labute approximate surface area is 146 Å². The lowest BCUT2D eigenvalue weighted by Crippen LogP contribution is -2.14. The molecule has 3 aromatic rings. The van der Waals surface area contributed by atoms with Crippen LogP contribution >= 0.6 is 0 Å². The van der Waals surface area contributed by atoms with E-state index >= 15 is 0 Å². The van der Waals surface area contributed by atoms with Gasteiger partial charge in [0.1, 0.15) is 11.6 Å². The number of nitrogens with one attached hydrogen (secondary N) is 2. The summed E-state index contributed by atoms with van der Waals surface area (Å²) in [7, 11) is 0. The van der Waals surface area contributed by atoms with Crippen LogP contribution in [-0.4, -0.2) is 5.91 Å². The lowest BCUT2D eigenvalue weighted by atomic mass is 10.1. The first-order valence-electron chi connectivity index (χ1n) is 7.89. The highest BCUT2D eigenvalue weighted by Crippen LogP contribution is 2.19. The predicted octanol–water partition coefficient (Wildman–Crippen LogP) is 4.61. The number of benzene rings is 3. The van der Waals surface area contributed by atoms with Crippen molar-refractivity contribution >= 4 is 28.1 Å². The summed E-state index contributed by atoms with van der Waals surface area (Å²) in [5.74, 6) is -0.445. The molecule has 0 aliphatic carbocycles. The zero-order valence-electron chi connectivity index (χ0n) is 13.8. The lowest BCUT2D eigenvalue weighted by molar-refractivity contribution is -0.112. The van der Waals surface area contributed by atoms with Gasteiger partial charge < -0.3 is 10.6 Å². The maximum absolute atomic E-state index is 12.2. The van der Waals surface area contributed by atoms with Gasteiger partial charge in [0, 0.05) is 17.6 Å². The summed E-state index contributed by atoms with van der Waals surface area (Å²) >= 11 is 0. The molecular formula is C21H17N3O. The van der Waals surface area contributed by atoms with Crippen LogP contribution in [0.25, 0.3) is 10.8 Å². The smallest absolute Gasteiger partial charge is 0.267 e. The van der Waals surface area contributed by atoms with Gasteiger partial charge in [-0.05, 0) is 42.0 Å². The van der Waals surface area contributed by atoms with E-state index in [0.717, 1.165) is 22.0 Å². The molecule has 1 amide bonds. The fraction of sp³-hybridized carbons (Fsp3) is 0.0476. The van der Waals surface area contributed by atoms with Crippen molar-refractivity contribution in [1.29, 1.82) is 5.26 Å². The van der Waals surface area contributed by atoms with Crippen molar-refractivity contribution < 1.29 is 4.79 Å². The van der Waals surface area contributed by atoms with Gasteiger partial charge in [0.15, 0.2) is 0 Å². The second kappa shape index (κ2) is 7.33. The molecule has 0 unspecified atom stereocenters. The van der Waals surface area contributed by atoms with Crippen LogP contribution in [0.4, 0.5) is 11.4 Å². The minimum Gasteiger partial charge on any atom is -0.360 e. The van der Waals surface area contributed by atoms with Crippen LogP contribution in [0.3, 0.4) is 0 Å². The summed E-state index contributed by atoms with van der Waals surface area (Å²) < 4.78 is 0. The summed E-state index contributed by atoms with van der Waals surface area (Å²) in [5.41, 5.74) is 2.58. The number of hydrogen-bond acceptors (Lipinski definition) is 3. The molecule has 2 N–H and O–H groups in total. The summed E-state index contributed by atoms with van der Waals surface area (Å²) in [6.45, 7) is 1.97. The van der Waals surface area contributed by atoms with Gasteiger partial charge in [-0.3, -0.25) is 4.79 Å². The molecule has 4 nitrogen and oxygen atoms in total. The lowest BCUT2D eigenvalue weighted by Gasteiger charge is -2.06. The third-order valence-electron chi connectivity index (χ3n) is 3.81. The summed E-state index contributed by atoms with van der Waals surface area (Å²) in [6, 6.07) is 23.2. The number of carbonyl (C=O) groups is 1. The van der Waals surface area contributed by atoms with Crippen LogP contribution in [0, 0.1) is 18.3 Å². The number of carbonyl (C=O) groups excluding carboxylic acids is 1. The molecule has 3 rings (SSSR count). The Morgan fingerprint density at radius 3 is 2.36 bits per heavy atom. The molecule has 0 saturated carbocycles. The fourth-order valence-electron chi connectivity index (χ4n) is 2.42. The van der Waals surface area contributed by atoms with Crippen molar-refractivity contribution in [2.45, 2.75) is 6.92 Å². The highest BCUT2D eigenvalue weighted by Gasteiger charge is 2.09. The molecule has 0 heterocycles. The van der Waals surface area contributed by atoms with E-state index < -0.39 is 5.91 Å². The van der Waals surface area contributed by atoms with Crippen LogP contribution in [-0.2, 0) is 4.79 Å². The summed E-state index contributed by atoms with van der Waals surface area (Å²) in [5, 5.41) is 17.2. The van der Waals surface area contributed by atoms with Crippen molar-refractivity contribution in [2.24, 2.45) is 0 Å². The van der Waals surface area contributed by atoms with Crippen molar-refractivity contribution in [3.63, 3.8) is 0 Å². The maximum Gasteiger partial charge on any atom is 0.267 e. The molecule has 0 saturated heterocycles. The first kappa shape index (κ1) is 16.3. The quantitative estimate of drug-likeness (QED) is 0.543. The highest BCUT2D eigenvalue weighted by atomic mass is 16.1. The average molecular weight is 327 g/mol. The van der Waals surface area contributed by atoms with Gasteiger partial charge >= 0.3 is 0 Å². The largest absolute Gasteiger partial charge is 0.360 e. The van der Waals surface area contributed by atoms with E-state index in [1.54, 1.807) is 12.1 Å². The molecule has 0 aliphatic heterocycles. The Hall–Kier alpha value is -3.58. The number of nitriles is 1. The van der Waals surface area contributed by atoms with E-state index in [4.69, 9.17) is 0 Å². The SMILES string of the molecule is Cc1ccc(NC(=O)/C(C#N)=C\Nc2ccc3ccccc3c2)cc1. The van der Waals surface area contributed by atoms with Gasteiger partial charge in [-0.15, -0.1) is 0 Å². The standard InChI is InChI=1S/C21H17N3O/c1-15-6-9-19(10-7-15)24-21(25)18(13-22)14-23-20-11-8-16-4-2-3-5-17(16)12-20/h2-12,14,23H,1H3,(H,24,25)/b18-14-. The first-order valence-corrected chi connectivity index (χ1v) is 7.89. The Balaban J connectivity index is 1.73. The Bertz CT molecular complexity index is 982. The van der Waals surface area contributed by atoms with Crippen LogP contribution < -0.4 is 10.6 Å². The predicted molar refractivity (Wildman–Crippen MR) is 101 cm³/mol. The second-order valence-electron chi connectivity index (χ2n) is 5.70. The Morgan fingerprint density at radius 2 is 1.64 bits per heavy atom. The van der Waals surface area contributed by atoms with Crippen molar-refractivity contribution in [3.05, 3.63) is 84.1 Å². The third kappa shape index (κ3) is 4.04. The normalized spacial score (nSPS) is 11.0. The van der Waals surface area contributed by atoms with Gasteiger partial charge in [0.05, 0.1) is 0 Å². The van der Waals surface area contributed by atoms with Gasteiger partial charge in [-0.1, -0.05) is 48.0 Å². The number of nitrogens with zero attached hydrogens (tertiary/aromatic N) is 1. The molecule has 3 aromatic carbocycles. The molecular weight excluding hydrogens is 310 g/mol. The van der Waals surface area contributed by atoms with E-state index in [2.05, 4.69) is 10.6 Å². The third-order valence-corrected chi connectivity index (χ3v) is 3.81. The zero-order valence-corrected chi connectivity index (χ0v) is 13.8. The Morgan fingerprint density at radius 1 is 0.960 bits per heavy atom. The van der Waals surface area contributed by atoms with Crippen molar-refractivity contribution in [1.82, 2.24) is 0 Å². The van der Waals surface area contributed by atoms with E-state index in [-0.39, 0.29) is 5.57 Å². The van der Waals surface area contributed by atoms with Crippen LogP contribution in [0.1, 0.15) is 5.56 Å². The number of amides is 1. The second-order valence-corrected chi connectivity index (χ2v) is 5.70. The maximum atomic E-state index is 12.2. The van der Waals surface area contributed by atoms with Crippen LogP contribution in [0.5, 0.6) is 0 Å². The van der Waals surface area contributed by atoms with Crippen molar-refractivity contribution in [2.75, 3.05) is 10.6 Å². The number of anilines is 2. The highest BCUT2D eigenvalue weighted by molar-refractivity contribution is 6.06. The number of rotatable bonds is 4. The fourth-order valence-corrected chi connectivity index (χ4v) is 2.42. The average Bonchev–Trinajstić information content (AvgIpc) is 2.64. The van der Waals surface area contributed by atoms with Crippen LogP contribution in [0.15, 0.2) is 78.5 Å². The van der Waals surface area contributed by atoms with Gasteiger partial charge in [0.25, 0.3) is 5.91 Å². The van der Waals surface area contributed by atoms with Crippen molar-refractivity contribution in [3.8, 4) is 6.07 Å². The summed E-state index contributed by atoms with van der Waals surface area (Å²) in [6.07, 6.45) is 1.42. The molecule has 0 spiro atoms. The minimum atomic E-state index is -0.445. The zero-order chi connectivity index (χ0) is 17.6. The van der Waals surface area contributed by atoms with Gasteiger partial charge in [-0.25, -0.2) is 0 Å². The van der Waals surface area contributed by atoms with Gasteiger partial charge in [-0.2, -0.15) is 5.26 Å². The van der Waals surface area contributed by atoms with E-state index in [9.17, 15) is 10.1 Å².